The first-order chi connectivity index (χ1) is 19.5. The SMILES string of the molecule is O=C(O)c1ccc(CNC(=O)c2cc(-c3ccccc3)cn3ncc(Cc4cc(F)c5ccccc5c4)c23)cc1. The number of carbonyl (C=O) groups excluding carboxylic acids is 1. The summed E-state index contributed by atoms with van der Waals surface area (Å²) in [7, 11) is 0. The minimum Gasteiger partial charge on any atom is -0.478 e. The van der Waals surface area contributed by atoms with E-state index in [1.807, 2.05) is 66.9 Å². The average molecular weight is 530 g/mol. The van der Waals surface area contributed by atoms with Crippen LogP contribution in [0.15, 0.2) is 109 Å². The van der Waals surface area contributed by atoms with Crippen molar-refractivity contribution in [2.45, 2.75) is 13.0 Å². The Hall–Kier alpha value is -5.30. The van der Waals surface area contributed by atoms with Gasteiger partial charge in [-0.3, -0.25) is 4.79 Å². The number of carboxylic acids is 1. The lowest BCUT2D eigenvalue weighted by molar-refractivity contribution is 0.0696. The molecule has 0 aliphatic carbocycles. The molecule has 0 fully saturated rings. The van der Waals surface area contributed by atoms with Gasteiger partial charge in [-0.05, 0) is 46.3 Å². The third-order valence-electron chi connectivity index (χ3n) is 6.96. The Morgan fingerprint density at radius 2 is 1.60 bits per heavy atom. The molecule has 7 heteroatoms. The summed E-state index contributed by atoms with van der Waals surface area (Å²) in [6.45, 7) is 0.222. The molecule has 0 unspecified atom stereocenters. The number of fused-ring (bicyclic) bond motifs is 2. The third kappa shape index (κ3) is 4.92. The molecule has 6 rings (SSSR count). The standard InChI is InChI=1S/C33H24FN3O3/c34-30-16-22(14-25-8-4-5-9-28(25)30)15-26-19-36-37-20-27(23-6-2-1-3-7-23)17-29(31(26)37)32(38)35-18-21-10-12-24(13-11-21)33(39)40/h1-14,16-17,19-20H,15,18H2,(H,35,38)(H,39,40). The number of pyridine rings is 1. The summed E-state index contributed by atoms with van der Waals surface area (Å²) in [6.07, 6.45) is 4.00. The van der Waals surface area contributed by atoms with Gasteiger partial charge in [-0.15, -0.1) is 0 Å². The molecule has 196 valence electrons. The largest absolute Gasteiger partial charge is 0.478 e. The zero-order chi connectivity index (χ0) is 27.6. The van der Waals surface area contributed by atoms with Crippen molar-refractivity contribution in [2.75, 3.05) is 0 Å². The van der Waals surface area contributed by atoms with Crippen molar-refractivity contribution < 1.29 is 19.1 Å². The first-order valence-electron chi connectivity index (χ1n) is 12.8. The van der Waals surface area contributed by atoms with Crippen LogP contribution in [0.4, 0.5) is 4.39 Å². The van der Waals surface area contributed by atoms with E-state index in [2.05, 4.69) is 10.4 Å². The lowest BCUT2D eigenvalue weighted by Gasteiger charge is -2.12. The Labute approximate surface area is 229 Å². The summed E-state index contributed by atoms with van der Waals surface area (Å²) in [5.74, 6) is -1.59. The van der Waals surface area contributed by atoms with Gasteiger partial charge in [0.05, 0.1) is 22.8 Å². The van der Waals surface area contributed by atoms with Gasteiger partial charge >= 0.3 is 5.97 Å². The molecule has 0 saturated carbocycles. The van der Waals surface area contributed by atoms with Crippen molar-refractivity contribution in [2.24, 2.45) is 0 Å². The number of hydrogen-bond donors (Lipinski definition) is 2. The fourth-order valence-electron chi connectivity index (χ4n) is 4.96. The number of nitrogens with zero attached hydrogens (tertiary/aromatic N) is 2. The van der Waals surface area contributed by atoms with Crippen LogP contribution in [0, 0.1) is 5.82 Å². The van der Waals surface area contributed by atoms with Crippen LogP contribution >= 0.6 is 0 Å². The average Bonchev–Trinajstić information content (AvgIpc) is 3.38. The smallest absolute Gasteiger partial charge is 0.335 e. The van der Waals surface area contributed by atoms with Crippen molar-refractivity contribution in [3.63, 3.8) is 0 Å². The Balaban J connectivity index is 1.38. The number of rotatable bonds is 7. The molecule has 0 aliphatic heterocycles. The van der Waals surface area contributed by atoms with Crippen LogP contribution in [0.2, 0.25) is 0 Å². The fourth-order valence-corrected chi connectivity index (χ4v) is 4.96. The molecule has 6 nitrogen and oxygen atoms in total. The molecule has 0 bridgehead atoms. The molecule has 6 aromatic rings. The molecular formula is C33H24FN3O3. The summed E-state index contributed by atoms with van der Waals surface area (Å²) < 4.78 is 16.6. The van der Waals surface area contributed by atoms with Crippen LogP contribution in [-0.2, 0) is 13.0 Å². The number of aromatic carboxylic acids is 1. The van der Waals surface area contributed by atoms with Crippen molar-refractivity contribution >= 4 is 28.2 Å². The van der Waals surface area contributed by atoms with Crippen LogP contribution < -0.4 is 5.32 Å². The van der Waals surface area contributed by atoms with Crippen LogP contribution in [0.25, 0.3) is 27.4 Å². The second-order valence-corrected chi connectivity index (χ2v) is 9.63. The number of carboxylic acid groups (broad SMARTS) is 1. The van der Waals surface area contributed by atoms with E-state index in [0.29, 0.717) is 22.9 Å². The Morgan fingerprint density at radius 3 is 2.38 bits per heavy atom. The summed E-state index contributed by atoms with van der Waals surface area (Å²) >= 11 is 0. The predicted octanol–water partition coefficient (Wildman–Crippen LogP) is 6.51. The first-order valence-corrected chi connectivity index (χ1v) is 12.8. The highest BCUT2D eigenvalue weighted by Crippen LogP contribution is 2.28. The minimum absolute atomic E-state index is 0.182. The highest BCUT2D eigenvalue weighted by atomic mass is 19.1. The summed E-state index contributed by atoms with van der Waals surface area (Å²) in [5.41, 5.74) is 5.39. The summed E-state index contributed by atoms with van der Waals surface area (Å²) in [4.78, 5) is 24.8. The molecule has 2 aromatic heterocycles. The molecule has 40 heavy (non-hydrogen) atoms. The van der Waals surface area contributed by atoms with E-state index >= 15 is 0 Å². The number of nitrogens with one attached hydrogen (secondary N) is 1. The molecule has 0 spiro atoms. The maximum Gasteiger partial charge on any atom is 0.335 e. The zero-order valence-corrected chi connectivity index (χ0v) is 21.3. The van der Waals surface area contributed by atoms with Crippen LogP contribution in [0.5, 0.6) is 0 Å². The highest BCUT2D eigenvalue weighted by molar-refractivity contribution is 6.02. The molecule has 2 N–H and O–H groups in total. The van der Waals surface area contributed by atoms with Gasteiger partial charge in [0.25, 0.3) is 5.91 Å². The maximum atomic E-state index is 14.9. The summed E-state index contributed by atoms with van der Waals surface area (Å²) in [6, 6.07) is 28.8. The first kappa shape index (κ1) is 25.0. The van der Waals surface area contributed by atoms with Gasteiger partial charge in [0.15, 0.2) is 0 Å². The second-order valence-electron chi connectivity index (χ2n) is 9.63. The molecular weight excluding hydrogens is 505 g/mol. The number of amides is 1. The Morgan fingerprint density at radius 1 is 0.850 bits per heavy atom. The molecule has 0 saturated heterocycles. The lowest BCUT2D eigenvalue weighted by Crippen LogP contribution is -2.24. The fraction of sp³-hybridized carbons (Fsp3) is 0.0606. The van der Waals surface area contributed by atoms with E-state index in [4.69, 9.17) is 5.11 Å². The van der Waals surface area contributed by atoms with Gasteiger partial charge in [-0.2, -0.15) is 5.10 Å². The number of hydrogen-bond acceptors (Lipinski definition) is 3. The molecule has 4 aromatic carbocycles. The van der Waals surface area contributed by atoms with Crippen molar-refractivity contribution in [3.05, 3.63) is 143 Å². The molecule has 2 heterocycles. The molecule has 0 aliphatic rings. The molecule has 1 amide bonds. The van der Waals surface area contributed by atoms with Gasteiger partial charge in [0.1, 0.15) is 5.82 Å². The van der Waals surface area contributed by atoms with E-state index in [-0.39, 0.29) is 23.8 Å². The quantitative estimate of drug-likeness (QED) is 0.247. The van der Waals surface area contributed by atoms with Crippen molar-refractivity contribution in [1.82, 2.24) is 14.9 Å². The number of benzene rings is 4. The second kappa shape index (κ2) is 10.5. The maximum absolute atomic E-state index is 14.9. The van der Waals surface area contributed by atoms with E-state index in [0.717, 1.165) is 33.2 Å². The highest BCUT2D eigenvalue weighted by Gasteiger charge is 2.18. The zero-order valence-electron chi connectivity index (χ0n) is 21.3. The van der Waals surface area contributed by atoms with Crippen molar-refractivity contribution in [1.29, 1.82) is 0 Å². The number of carbonyl (C=O) groups is 2. The monoisotopic (exact) mass is 529 g/mol. The lowest BCUT2D eigenvalue weighted by atomic mass is 9.99. The predicted molar refractivity (Wildman–Crippen MR) is 152 cm³/mol. The van der Waals surface area contributed by atoms with E-state index in [1.165, 1.54) is 18.2 Å². The Bertz CT molecular complexity index is 1880. The molecule has 0 atom stereocenters. The van der Waals surface area contributed by atoms with Gasteiger partial charge in [0, 0.05) is 35.7 Å². The number of aromatic nitrogens is 2. The Kier molecular flexibility index (Phi) is 6.54. The molecule has 0 radical (unpaired) electrons. The minimum atomic E-state index is -1.00. The van der Waals surface area contributed by atoms with Crippen LogP contribution in [0.1, 0.15) is 37.4 Å². The van der Waals surface area contributed by atoms with Gasteiger partial charge in [-0.25, -0.2) is 13.7 Å². The van der Waals surface area contributed by atoms with E-state index in [1.54, 1.807) is 28.9 Å². The number of halogens is 1. The van der Waals surface area contributed by atoms with Crippen molar-refractivity contribution in [3.8, 4) is 11.1 Å². The van der Waals surface area contributed by atoms with Crippen LogP contribution in [0.3, 0.4) is 0 Å². The third-order valence-corrected chi connectivity index (χ3v) is 6.96. The van der Waals surface area contributed by atoms with Gasteiger partial charge < -0.3 is 10.4 Å². The van der Waals surface area contributed by atoms with Gasteiger partial charge in [-0.1, -0.05) is 72.8 Å². The summed E-state index contributed by atoms with van der Waals surface area (Å²) in [5, 5.41) is 18.0. The van der Waals surface area contributed by atoms with E-state index < -0.39 is 5.97 Å². The van der Waals surface area contributed by atoms with Crippen LogP contribution in [-0.4, -0.2) is 26.6 Å². The van der Waals surface area contributed by atoms with Gasteiger partial charge in [0.2, 0.25) is 0 Å². The van der Waals surface area contributed by atoms with E-state index in [9.17, 15) is 14.0 Å². The topological polar surface area (TPSA) is 83.7 Å². The normalized spacial score (nSPS) is 11.1.